The molecule has 0 bridgehead atoms. The number of hydrogen-bond acceptors (Lipinski definition) is 4. The van der Waals surface area contributed by atoms with Gasteiger partial charge in [-0.25, -0.2) is 0 Å². The van der Waals surface area contributed by atoms with Crippen molar-refractivity contribution in [2.75, 3.05) is 9.80 Å². The van der Waals surface area contributed by atoms with Crippen LogP contribution in [0.4, 0.5) is 34.1 Å². The van der Waals surface area contributed by atoms with Gasteiger partial charge in [0.2, 0.25) is 0 Å². The summed E-state index contributed by atoms with van der Waals surface area (Å²) < 4.78 is 7.54. The Morgan fingerprint density at radius 2 is 0.786 bits per heavy atom. The van der Waals surface area contributed by atoms with E-state index < -0.39 is 0 Å². The van der Waals surface area contributed by atoms with Crippen LogP contribution < -0.4 is 26.2 Å². The maximum absolute atomic E-state index is 10.8. The molecule has 2 aliphatic rings. The molecule has 5 heterocycles. The second kappa shape index (κ2) is 25.8. The van der Waals surface area contributed by atoms with E-state index >= 15 is 0 Å². The zero-order valence-corrected chi connectivity index (χ0v) is 64.0. The first-order chi connectivity index (χ1) is 54.8. The van der Waals surface area contributed by atoms with Gasteiger partial charge in [-0.3, -0.25) is 0 Å². The average Bonchev–Trinajstić information content (AvgIpc) is 0.716. The van der Waals surface area contributed by atoms with Crippen LogP contribution in [0.2, 0.25) is 0 Å². The zero-order chi connectivity index (χ0) is 75.3. The topological polar surface area (TPSA) is 40.1 Å². The Balaban J connectivity index is 0.935. The lowest BCUT2D eigenvalue weighted by atomic mass is 9.33. The van der Waals surface area contributed by atoms with Crippen LogP contribution in [0, 0.1) is 11.3 Å². The molecular formula is C105H76BN5S. The molecule has 0 atom stereocenters. The summed E-state index contributed by atoms with van der Waals surface area (Å²) in [5.41, 5.74) is 32.9. The lowest BCUT2D eigenvalue weighted by Gasteiger charge is -2.45. The van der Waals surface area contributed by atoms with Crippen LogP contribution in [0.5, 0.6) is 0 Å². The molecule has 16 aromatic carbocycles. The van der Waals surface area contributed by atoms with Crippen LogP contribution >= 0.6 is 11.3 Å². The van der Waals surface area contributed by atoms with Gasteiger partial charge < -0.3 is 18.9 Å². The number of benzene rings is 16. The fraction of sp³-hybridized carbons (Fsp3) is 0.0762. The van der Waals surface area contributed by atoms with Gasteiger partial charge in [0.1, 0.15) is 0 Å². The summed E-state index contributed by atoms with van der Waals surface area (Å²) in [5, 5.41) is 17.9. The van der Waals surface area contributed by atoms with Crippen molar-refractivity contribution in [1.82, 2.24) is 9.13 Å². The molecule has 0 aliphatic carbocycles. The first-order valence-electron chi connectivity index (χ1n) is 38.9. The molecular weight excluding hydrogens is 1370 g/mol. The third-order valence-electron chi connectivity index (χ3n) is 23.6. The van der Waals surface area contributed by atoms with Crippen molar-refractivity contribution < 1.29 is 0 Å². The Labute approximate surface area is 657 Å². The Morgan fingerprint density at radius 3 is 1.43 bits per heavy atom. The van der Waals surface area contributed by atoms with Gasteiger partial charge in [0.05, 0.1) is 56.4 Å². The smallest absolute Gasteiger partial charge is 0.252 e. The SMILES string of the molecule is CC(C)(C)c1ccc(N2c3cc(-c4c(-c5cccc6c5sc5ccccc56)cccc4-n4c5ccccc5c5ccccc54)ccc3B3c4cc(-c5ccccc5)ccc4N(c4ccc(-c5ccccc5)cc4-c4ccccc4)c4cc(-n5c6ccc(C#N)cc6c6cc(C(C)(C)C)ccc65)cc2c43)c(-c2ccccc2)c1. The molecule has 530 valence electrons. The fourth-order valence-electron chi connectivity index (χ4n) is 18.3. The average molecular weight is 1450 g/mol. The Hall–Kier alpha value is -13.5. The first-order valence-corrected chi connectivity index (χ1v) is 39.7. The van der Waals surface area contributed by atoms with E-state index in [-0.39, 0.29) is 17.5 Å². The number of nitriles is 1. The third kappa shape index (κ3) is 10.6. The molecule has 0 saturated heterocycles. The molecule has 0 spiro atoms. The van der Waals surface area contributed by atoms with Gasteiger partial charge in [0.25, 0.3) is 6.71 Å². The van der Waals surface area contributed by atoms with Crippen LogP contribution in [0.25, 0.3) is 142 Å². The van der Waals surface area contributed by atoms with E-state index in [0.29, 0.717) is 5.56 Å². The predicted octanol–water partition coefficient (Wildman–Crippen LogP) is 26.8. The quantitative estimate of drug-likeness (QED) is 0.128. The lowest BCUT2D eigenvalue weighted by Crippen LogP contribution is -2.61. The fourth-order valence-corrected chi connectivity index (χ4v) is 19.5. The zero-order valence-electron chi connectivity index (χ0n) is 63.2. The summed E-state index contributed by atoms with van der Waals surface area (Å²) in [7, 11) is 0. The molecule has 0 N–H and O–H groups in total. The number of fused-ring (bicyclic) bond motifs is 13. The highest BCUT2D eigenvalue weighted by atomic mass is 32.1. The molecule has 7 heteroatoms. The maximum atomic E-state index is 10.8. The molecule has 2 aliphatic heterocycles. The molecule has 0 amide bonds. The van der Waals surface area contributed by atoms with Crippen LogP contribution in [0.15, 0.2) is 352 Å². The molecule has 21 rings (SSSR count). The van der Waals surface area contributed by atoms with E-state index in [1.165, 1.54) is 64.0 Å². The molecule has 0 saturated carbocycles. The normalized spacial score (nSPS) is 12.7. The first kappa shape index (κ1) is 66.7. The number of aromatic nitrogens is 2. The van der Waals surface area contributed by atoms with Crippen LogP contribution in [0.3, 0.4) is 0 Å². The van der Waals surface area contributed by atoms with Crippen LogP contribution in [0.1, 0.15) is 58.2 Å². The number of hydrogen-bond donors (Lipinski definition) is 0. The molecule has 19 aromatic rings. The molecule has 3 aromatic heterocycles. The van der Waals surface area contributed by atoms with E-state index in [2.05, 4.69) is 412 Å². The molecule has 5 nitrogen and oxygen atoms in total. The van der Waals surface area contributed by atoms with E-state index in [9.17, 15) is 5.26 Å². The largest absolute Gasteiger partial charge is 0.311 e. The minimum atomic E-state index is -0.308. The predicted molar refractivity (Wildman–Crippen MR) is 477 cm³/mol. The van der Waals surface area contributed by atoms with Crippen molar-refractivity contribution >= 4 is 132 Å². The molecule has 0 fully saturated rings. The Bertz CT molecular complexity index is 7050. The maximum Gasteiger partial charge on any atom is 0.252 e. The highest BCUT2D eigenvalue weighted by molar-refractivity contribution is 7.26. The van der Waals surface area contributed by atoms with Gasteiger partial charge in [0, 0.05) is 86.7 Å². The van der Waals surface area contributed by atoms with Crippen molar-refractivity contribution in [3.63, 3.8) is 0 Å². The van der Waals surface area contributed by atoms with Gasteiger partial charge >= 0.3 is 0 Å². The van der Waals surface area contributed by atoms with E-state index in [1.54, 1.807) is 0 Å². The third-order valence-corrected chi connectivity index (χ3v) is 24.9. The summed E-state index contributed by atoms with van der Waals surface area (Å²) in [6, 6.07) is 135. The monoisotopic (exact) mass is 1450 g/mol. The molecule has 112 heavy (non-hydrogen) atoms. The Kier molecular flexibility index (Phi) is 15.4. The Morgan fingerprint density at radius 1 is 0.295 bits per heavy atom. The lowest BCUT2D eigenvalue weighted by molar-refractivity contribution is 0.590. The van der Waals surface area contributed by atoms with Crippen LogP contribution in [-0.4, -0.2) is 15.8 Å². The molecule has 0 unspecified atom stereocenters. The minimum absolute atomic E-state index is 0.149. The van der Waals surface area contributed by atoms with E-state index in [0.717, 1.165) is 140 Å². The number of nitrogens with zero attached hydrogens (tertiary/aromatic N) is 5. The van der Waals surface area contributed by atoms with E-state index in [1.807, 2.05) is 17.4 Å². The number of para-hydroxylation sites is 2. The number of thiophene rings is 1. The van der Waals surface area contributed by atoms with Crippen molar-refractivity contribution in [1.29, 1.82) is 5.26 Å². The van der Waals surface area contributed by atoms with Crippen molar-refractivity contribution in [3.05, 3.63) is 369 Å². The number of rotatable bonds is 10. The van der Waals surface area contributed by atoms with Gasteiger partial charge in [-0.1, -0.05) is 290 Å². The van der Waals surface area contributed by atoms with Gasteiger partial charge in [-0.2, -0.15) is 5.26 Å². The summed E-state index contributed by atoms with van der Waals surface area (Å²) in [6.07, 6.45) is 0. The summed E-state index contributed by atoms with van der Waals surface area (Å²) in [4.78, 5) is 5.28. The summed E-state index contributed by atoms with van der Waals surface area (Å²) >= 11 is 1.88. The van der Waals surface area contributed by atoms with Crippen molar-refractivity contribution in [3.8, 4) is 84.2 Å². The second-order valence-corrected chi connectivity index (χ2v) is 33.3. The summed E-state index contributed by atoms with van der Waals surface area (Å²) in [6.45, 7) is 13.5. The number of anilines is 6. The standard InChI is InChI=1S/C105H76BN5S/c1-104(2,3)74-49-55-92(84(61-74)70-33-17-10-18-34-70)111-97-60-73(101-80(82-40-25-39-81-79-37-21-24-44-100(79)112-103(81)82)38-26-43-96(101)109-89-41-22-19-35-77(89)78-36-20-23-42-90(78)109)46-51-87(97)106-88-59-72(68-29-13-8-14-30-68)48-54-95(88)110(91-53-47-71(67-27-11-7-12-28-67)58-83(91)69-31-15-9-16-32-69)98-63-76(64-99(111)102(98)106)108-93-52-45-66(65-107)57-85(93)86-62-75(105(4,5)6)50-56-94(86)108/h7-64H,1-6H3. The second-order valence-electron chi connectivity index (χ2n) is 32.2. The van der Waals surface area contributed by atoms with Gasteiger partial charge in [-0.05, 0) is 186 Å². The van der Waals surface area contributed by atoms with E-state index in [4.69, 9.17) is 0 Å². The van der Waals surface area contributed by atoms with Gasteiger partial charge in [0.15, 0.2) is 0 Å². The van der Waals surface area contributed by atoms with Crippen LogP contribution in [-0.2, 0) is 10.8 Å². The molecule has 0 radical (unpaired) electrons. The van der Waals surface area contributed by atoms with Crippen molar-refractivity contribution in [2.24, 2.45) is 0 Å². The van der Waals surface area contributed by atoms with Crippen molar-refractivity contribution in [2.45, 2.75) is 52.4 Å². The highest BCUT2D eigenvalue weighted by Gasteiger charge is 2.46. The highest BCUT2D eigenvalue weighted by Crippen LogP contribution is 2.54. The summed E-state index contributed by atoms with van der Waals surface area (Å²) in [5.74, 6) is 0. The van der Waals surface area contributed by atoms with Gasteiger partial charge in [-0.15, -0.1) is 11.3 Å². The minimum Gasteiger partial charge on any atom is -0.311 e.